The monoisotopic (exact) mass is 360 g/mol. The molecule has 0 radical (unpaired) electrons. The number of morpholine rings is 1. The number of furan rings is 1. The van der Waals surface area contributed by atoms with Crippen molar-refractivity contribution in [3.8, 4) is 0 Å². The van der Waals surface area contributed by atoms with Crippen LogP contribution >= 0.6 is 0 Å². The Morgan fingerprint density at radius 1 is 1.35 bits per heavy atom. The SMILES string of the molecule is CC(C)(C)C(Cn1ccnc1)NC(=O)c1coc(CN2CCOCC2)c1. The molecule has 1 saturated heterocycles. The van der Waals surface area contributed by atoms with Gasteiger partial charge in [0.2, 0.25) is 0 Å². The van der Waals surface area contributed by atoms with E-state index in [1.807, 2.05) is 16.8 Å². The highest BCUT2D eigenvalue weighted by Crippen LogP contribution is 2.22. The molecule has 0 spiro atoms. The van der Waals surface area contributed by atoms with Gasteiger partial charge in [-0.2, -0.15) is 0 Å². The zero-order valence-corrected chi connectivity index (χ0v) is 15.8. The van der Waals surface area contributed by atoms with Crippen LogP contribution < -0.4 is 5.32 Å². The number of amides is 1. The lowest BCUT2D eigenvalue weighted by Gasteiger charge is -2.31. The number of carbonyl (C=O) groups excluding carboxylic acids is 1. The highest BCUT2D eigenvalue weighted by Gasteiger charge is 2.27. The molecule has 3 rings (SSSR count). The molecule has 0 saturated carbocycles. The Kier molecular flexibility index (Phi) is 5.78. The summed E-state index contributed by atoms with van der Waals surface area (Å²) < 4.78 is 12.9. The Balaban J connectivity index is 1.62. The topological polar surface area (TPSA) is 72.5 Å². The van der Waals surface area contributed by atoms with Crippen molar-refractivity contribution in [2.75, 3.05) is 26.3 Å². The molecule has 26 heavy (non-hydrogen) atoms. The summed E-state index contributed by atoms with van der Waals surface area (Å²) >= 11 is 0. The fourth-order valence-electron chi connectivity index (χ4n) is 2.95. The van der Waals surface area contributed by atoms with Gasteiger partial charge in [-0.25, -0.2) is 4.98 Å². The third kappa shape index (κ3) is 4.95. The maximum absolute atomic E-state index is 12.7. The second-order valence-corrected chi connectivity index (χ2v) is 7.84. The van der Waals surface area contributed by atoms with Gasteiger partial charge < -0.3 is 19.0 Å². The Labute approximate surface area is 154 Å². The molecule has 1 fully saturated rings. The molecule has 1 atom stereocenters. The van der Waals surface area contributed by atoms with Gasteiger partial charge >= 0.3 is 0 Å². The molecule has 142 valence electrons. The van der Waals surface area contributed by atoms with Crippen molar-refractivity contribution in [2.24, 2.45) is 5.41 Å². The molecule has 0 bridgehead atoms. The summed E-state index contributed by atoms with van der Waals surface area (Å²) in [5, 5.41) is 3.15. The summed E-state index contributed by atoms with van der Waals surface area (Å²) in [4.78, 5) is 19.0. The number of aromatic nitrogens is 2. The Morgan fingerprint density at radius 3 is 2.77 bits per heavy atom. The summed E-state index contributed by atoms with van der Waals surface area (Å²) in [6, 6.07) is 1.81. The average Bonchev–Trinajstić information content (AvgIpc) is 3.26. The summed E-state index contributed by atoms with van der Waals surface area (Å²) in [6.45, 7) is 11.0. The van der Waals surface area contributed by atoms with E-state index in [4.69, 9.17) is 9.15 Å². The molecule has 0 aromatic carbocycles. The number of imidazole rings is 1. The van der Waals surface area contributed by atoms with E-state index in [9.17, 15) is 4.79 Å². The van der Waals surface area contributed by atoms with Gasteiger partial charge in [0.25, 0.3) is 5.91 Å². The van der Waals surface area contributed by atoms with Crippen molar-refractivity contribution in [1.29, 1.82) is 0 Å². The summed E-state index contributed by atoms with van der Waals surface area (Å²) in [6.07, 6.45) is 6.96. The number of nitrogens with one attached hydrogen (secondary N) is 1. The van der Waals surface area contributed by atoms with Crippen LogP contribution in [0, 0.1) is 5.41 Å². The van der Waals surface area contributed by atoms with Crippen LogP contribution in [0.3, 0.4) is 0 Å². The molecule has 3 heterocycles. The Bertz CT molecular complexity index is 697. The van der Waals surface area contributed by atoms with E-state index in [0.717, 1.165) is 32.1 Å². The molecule has 7 nitrogen and oxygen atoms in total. The van der Waals surface area contributed by atoms with Crippen LogP contribution in [0.15, 0.2) is 35.5 Å². The van der Waals surface area contributed by atoms with Crippen molar-refractivity contribution in [2.45, 2.75) is 39.9 Å². The van der Waals surface area contributed by atoms with E-state index in [1.165, 1.54) is 0 Å². The molecular weight excluding hydrogens is 332 g/mol. The van der Waals surface area contributed by atoms with E-state index in [0.29, 0.717) is 18.7 Å². The third-order valence-electron chi connectivity index (χ3n) is 4.70. The van der Waals surface area contributed by atoms with Gasteiger partial charge in [-0.05, 0) is 11.5 Å². The minimum absolute atomic E-state index is 0.0261. The number of ether oxygens (including phenoxy) is 1. The van der Waals surface area contributed by atoms with E-state index >= 15 is 0 Å². The maximum atomic E-state index is 12.7. The standard InChI is InChI=1S/C19H28N4O3/c1-19(2,3)17(12-23-5-4-20-14-23)21-18(24)15-10-16(26-13-15)11-22-6-8-25-9-7-22/h4-5,10,13-14,17H,6-9,11-12H2,1-3H3,(H,21,24). The summed E-state index contributed by atoms with van der Waals surface area (Å²) in [5.74, 6) is 0.695. The van der Waals surface area contributed by atoms with Crippen LogP contribution in [-0.4, -0.2) is 52.7 Å². The first kappa shape index (κ1) is 18.7. The predicted molar refractivity (Wildman–Crippen MR) is 97.7 cm³/mol. The molecular formula is C19H28N4O3. The Morgan fingerprint density at radius 2 is 2.12 bits per heavy atom. The number of nitrogens with zero attached hydrogens (tertiary/aromatic N) is 3. The zero-order chi connectivity index (χ0) is 18.6. The summed E-state index contributed by atoms with van der Waals surface area (Å²) in [7, 11) is 0. The number of carbonyl (C=O) groups is 1. The van der Waals surface area contributed by atoms with Gasteiger partial charge in [0.05, 0.1) is 37.7 Å². The Hall–Kier alpha value is -2.12. The molecule has 1 amide bonds. The first-order valence-electron chi connectivity index (χ1n) is 9.06. The van der Waals surface area contributed by atoms with Crippen LogP contribution in [0.5, 0.6) is 0 Å². The smallest absolute Gasteiger partial charge is 0.254 e. The molecule has 2 aromatic rings. The van der Waals surface area contributed by atoms with Gasteiger partial charge in [-0.3, -0.25) is 9.69 Å². The normalized spacial score (nSPS) is 17.2. The lowest BCUT2D eigenvalue weighted by Crippen LogP contribution is -2.46. The van der Waals surface area contributed by atoms with Crippen LogP contribution in [0.25, 0.3) is 0 Å². The van der Waals surface area contributed by atoms with E-state index < -0.39 is 0 Å². The number of rotatable bonds is 6. The predicted octanol–water partition coefficient (Wildman–Crippen LogP) is 2.15. The lowest BCUT2D eigenvalue weighted by atomic mass is 9.86. The highest BCUT2D eigenvalue weighted by molar-refractivity contribution is 5.94. The quantitative estimate of drug-likeness (QED) is 0.855. The second-order valence-electron chi connectivity index (χ2n) is 7.84. The van der Waals surface area contributed by atoms with Gasteiger partial charge in [0.15, 0.2) is 0 Å². The van der Waals surface area contributed by atoms with Crippen LogP contribution in [0.4, 0.5) is 0 Å². The third-order valence-corrected chi connectivity index (χ3v) is 4.70. The van der Waals surface area contributed by atoms with E-state index in [2.05, 4.69) is 36.0 Å². The van der Waals surface area contributed by atoms with Crippen molar-refractivity contribution < 1.29 is 13.9 Å². The van der Waals surface area contributed by atoms with Crippen LogP contribution in [0.1, 0.15) is 36.9 Å². The van der Waals surface area contributed by atoms with E-state index in [-0.39, 0.29) is 17.4 Å². The van der Waals surface area contributed by atoms with E-state index in [1.54, 1.807) is 18.8 Å². The molecule has 1 aliphatic heterocycles. The van der Waals surface area contributed by atoms with Gasteiger partial charge in [-0.15, -0.1) is 0 Å². The first-order chi connectivity index (χ1) is 12.4. The number of hydrogen-bond donors (Lipinski definition) is 1. The first-order valence-corrected chi connectivity index (χ1v) is 9.06. The minimum Gasteiger partial charge on any atom is -0.467 e. The fraction of sp³-hybridized carbons (Fsp3) is 0.579. The average molecular weight is 360 g/mol. The van der Waals surface area contributed by atoms with Crippen molar-refractivity contribution in [1.82, 2.24) is 19.8 Å². The summed E-state index contributed by atoms with van der Waals surface area (Å²) in [5.41, 5.74) is 0.480. The lowest BCUT2D eigenvalue weighted by molar-refractivity contribution is 0.0313. The van der Waals surface area contributed by atoms with Crippen molar-refractivity contribution in [3.63, 3.8) is 0 Å². The van der Waals surface area contributed by atoms with Gasteiger partial charge in [0.1, 0.15) is 12.0 Å². The molecule has 1 aliphatic rings. The minimum atomic E-state index is -0.109. The molecule has 2 aromatic heterocycles. The molecule has 7 heteroatoms. The molecule has 0 aliphatic carbocycles. The highest BCUT2D eigenvalue weighted by atomic mass is 16.5. The van der Waals surface area contributed by atoms with Crippen LogP contribution in [0.2, 0.25) is 0 Å². The van der Waals surface area contributed by atoms with Crippen molar-refractivity contribution >= 4 is 5.91 Å². The van der Waals surface area contributed by atoms with Crippen molar-refractivity contribution in [3.05, 3.63) is 42.4 Å². The van der Waals surface area contributed by atoms with Crippen LogP contribution in [-0.2, 0) is 17.8 Å². The maximum Gasteiger partial charge on any atom is 0.254 e. The van der Waals surface area contributed by atoms with Gasteiger partial charge in [-0.1, -0.05) is 20.8 Å². The second kappa shape index (κ2) is 8.05. The fourth-order valence-corrected chi connectivity index (χ4v) is 2.95. The zero-order valence-electron chi connectivity index (χ0n) is 15.8. The largest absolute Gasteiger partial charge is 0.467 e. The number of hydrogen-bond acceptors (Lipinski definition) is 5. The molecule has 1 unspecified atom stereocenters. The van der Waals surface area contributed by atoms with Gasteiger partial charge in [0, 0.05) is 32.0 Å². The molecule has 1 N–H and O–H groups in total.